The summed E-state index contributed by atoms with van der Waals surface area (Å²) in [6.07, 6.45) is 2.16. The second kappa shape index (κ2) is 15.9. The van der Waals surface area contributed by atoms with E-state index in [1.54, 1.807) is 66.7 Å². The largest absolute Gasteiger partial charge is 0.494 e. The number of amides is 2. The third-order valence-corrected chi connectivity index (χ3v) is 8.07. The minimum atomic E-state index is -4.05. The van der Waals surface area contributed by atoms with Gasteiger partial charge in [0.1, 0.15) is 18.0 Å². The molecule has 0 spiro atoms. The van der Waals surface area contributed by atoms with Crippen molar-refractivity contribution in [3.8, 4) is 11.5 Å². The highest BCUT2D eigenvalue weighted by molar-refractivity contribution is 7.92. The van der Waals surface area contributed by atoms with Gasteiger partial charge in [0.05, 0.1) is 23.4 Å². The third-order valence-electron chi connectivity index (χ3n) is 6.29. The van der Waals surface area contributed by atoms with Crippen molar-refractivity contribution in [2.45, 2.75) is 18.2 Å². The third kappa shape index (κ3) is 9.43. The van der Waals surface area contributed by atoms with Crippen molar-refractivity contribution >= 4 is 33.7 Å². The standard InChI is InChI=1S/C33H34N4O6S/c1-2-42-29-19-15-28(16-20-29)37(44(40,41)31-11-7-4-8-12-31)24-32(38)36-35-23-27-13-17-30(18-14-27)43-25-33(39)34-22-21-26-9-5-3-6-10-26/h3-20,23H,2,21-22,24-25H2,1H3,(H,34,39)(H,36,38)/b35-23-. The summed E-state index contributed by atoms with van der Waals surface area (Å²) in [5, 5.41) is 6.80. The van der Waals surface area contributed by atoms with Gasteiger partial charge in [-0.1, -0.05) is 48.5 Å². The zero-order valence-electron chi connectivity index (χ0n) is 24.3. The summed E-state index contributed by atoms with van der Waals surface area (Å²) in [7, 11) is -4.05. The zero-order valence-corrected chi connectivity index (χ0v) is 25.1. The van der Waals surface area contributed by atoms with Gasteiger partial charge in [-0.05, 0) is 85.1 Å². The van der Waals surface area contributed by atoms with Crippen LogP contribution in [0.3, 0.4) is 0 Å². The molecule has 0 aliphatic heterocycles. The minimum absolute atomic E-state index is 0.0529. The first-order chi connectivity index (χ1) is 21.3. The normalized spacial score (nSPS) is 11.1. The van der Waals surface area contributed by atoms with E-state index in [2.05, 4.69) is 15.8 Å². The van der Waals surface area contributed by atoms with Crippen LogP contribution in [0.25, 0.3) is 0 Å². The van der Waals surface area contributed by atoms with Crippen molar-refractivity contribution in [3.05, 3.63) is 120 Å². The maximum atomic E-state index is 13.5. The Morgan fingerprint density at radius 1 is 0.795 bits per heavy atom. The van der Waals surface area contributed by atoms with Gasteiger partial charge < -0.3 is 14.8 Å². The molecule has 4 aromatic carbocycles. The Labute approximate surface area is 257 Å². The number of nitrogens with zero attached hydrogens (tertiary/aromatic N) is 2. The van der Waals surface area contributed by atoms with Gasteiger partial charge in [0.25, 0.3) is 21.8 Å². The molecule has 0 saturated heterocycles. The van der Waals surface area contributed by atoms with Crippen LogP contribution in [-0.2, 0) is 26.0 Å². The average molecular weight is 615 g/mol. The van der Waals surface area contributed by atoms with E-state index in [0.717, 1.165) is 16.3 Å². The van der Waals surface area contributed by atoms with Gasteiger partial charge in [-0.2, -0.15) is 5.10 Å². The molecule has 228 valence electrons. The van der Waals surface area contributed by atoms with Crippen molar-refractivity contribution in [1.82, 2.24) is 10.7 Å². The highest BCUT2D eigenvalue weighted by atomic mass is 32.2. The number of hydrogen-bond donors (Lipinski definition) is 2. The molecule has 0 saturated carbocycles. The fraction of sp³-hybridized carbons (Fsp3) is 0.182. The van der Waals surface area contributed by atoms with Gasteiger partial charge in [-0.15, -0.1) is 0 Å². The van der Waals surface area contributed by atoms with E-state index in [-0.39, 0.29) is 17.4 Å². The van der Waals surface area contributed by atoms with E-state index in [0.29, 0.717) is 35.9 Å². The SMILES string of the molecule is CCOc1ccc(N(CC(=O)N/N=C\c2ccc(OCC(=O)NCCc3ccccc3)cc2)S(=O)(=O)c2ccccc2)cc1. The van der Waals surface area contributed by atoms with Gasteiger partial charge in [0.15, 0.2) is 6.61 Å². The highest BCUT2D eigenvalue weighted by Crippen LogP contribution is 2.25. The van der Waals surface area contributed by atoms with Crippen LogP contribution in [-0.4, -0.2) is 52.8 Å². The molecule has 2 amide bonds. The molecule has 0 fully saturated rings. The molecule has 44 heavy (non-hydrogen) atoms. The number of carbonyl (C=O) groups is 2. The molecule has 2 N–H and O–H groups in total. The first-order valence-corrected chi connectivity index (χ1v) is 15.4. The van der Waals surface area contributed by atoms with E-state index < -0.39 is 22.5 Å². The minimum Gasteiger partial charge on any atom is -0.494 e. The fourth-order valence-electron chi connectivity index (χ4n) is 4.10. The van der Waals surface area contributed by atoms with E-state index in [1.165, 1.54) is 18.3 Å². The van der Waals surface area contributed by atoms with Crippen molar-refractivity contribution in [2.24, 2.45) is 5.10 Å². The van der Waals surface area contributed by atoms with Crippen molar-refractivity contribution < 1.29 is 27.5 Å². The van der Waals surface area contributed by atoms with Gasteiger partial charge >= 0.3 is 0 Å². The zero-order chi connectivity index (χ0) is 31.2. The van der Waals surface area contributed by atoms with Gasteiger partial charge in [0, 0.05) is 6.54 Å². The molecule has 11 heteroatoms. The number of rotatable bonds is 15. The quantitative estimate of drug-likeness (QED) is 0.153. The average Bonchev–Trinajstić information content (AvgIpc) is 3.05. The summed E-state index contributed by atoms with van der Waals surface area (Å²) in [5.74, 6) is 0.234. The van der Waals surface area contributed by atoms with Crippen molar-refractivity contribution in [1.29, 1.82) is 0 Å². The predicted octanol–water partition coefficient (Wildman–Crippen LogP) is 4.17. The van der Waals surface area contributed by atoms with Crippen molar-refractivity contribution in [2.75, 3.05) is 30.6 Å². The number of hydrogen-bond acceptors (Lipinski definition) is 7. The lowest BCUT2D eigenvalue weighted by Gasteiger charge is -2.24. The Balaban J connectivity index is 1.30. The summed E-state index contributed by atoms with van der Waals surface area (Å²) in [6.45, 7) is 2.22. The Hall–Kier alpha value is -5.16. The van der Waals surface area contributed by atoms with Crippen LogP contribution in [0.1, 0.15) is 18.1 Å². The maximum Gasteiger partial charge on any atom is 0.264 e. The molecule has 10 nitrogen and oxygen atoms in total. The molecule has 4 aromatic rings. The maximum absolute atomic E-state index is 13.5. The van der Waals surface area contributed by atoms with Crippen LogP contribution >= 0.6 is 0 Å². The van der Waals surface area contributed by atoms with E-state index >= 15 is 0 Å². The number of sulfonamides is 1. The summed E-state index contributed by atoms with van der Waals surface area (Å²) in [4.78, 5) is 24.9. The van der Waals surface area contributed by atoms with Crippen LogP contribution in [0.2, 0.25) is 0 Å². The molecule has 0 aliphatic carbocycles. The predicted molar refractivity (Wildman–Crippen MR) is 169 cm³/mol. The molecule has 0 radical (unpaired) electrons. The number of carbonyl (C=O) groups excluding carboxylic acids is 2. The van der Waals surface area contributed by atoms with E-state index in [1.807, 2.05) is 37.3 Å². The molecule has 0 aliphatic rings. The number of nitrogens with one attached hydrogen (secondary N) is 2. The summed E-state index contributed by atoms with van der Waals surface area (Å²) in [5.41, 5.74) is 4.49. The van der Waals surface area contributed by atoms with E-state index in [9.17, 15) is 18.0 Å². The summed E-state index contributed by atoms with van der Waals surface area (Å²) in [6, 6.07) is 31.0. The van der Waals surface area contributed by atoms with E-state index in [4.69, 9.17) is 9.47 Å². The Morgan fingerprint density at radius 2 is 1.41 bits per heavy atom. The molecular weight excluding hydrogens is 580 g/mol. The Kier molecular flexibility index (Phi) is 11.5. The summed E-state index contributed by atoms with van der Waals surface area (Å²) >= 11 is 0. The van der Waals surface area contributed by atoms with Crippen LogP contribution < -0.4 is 24.5 Å². The van der Waals surface area contributed by atoms with Crippen molar-refractivity contribution in [3.63, 3.8) is 0 Å². The first kappa shape index (κ1) is 31.8. The van der Waals surface area contributed by atoms with Crippen LogP contribution in [0.15, 0.2) is 119 Å². The Bertz CT molecular complexity index is 1630. The van der Waals surface area contributed by atoms with Gasteiger partial charge in [0.2, 0.25) is 0 Å². The topological polar surface area (TPSA) is 126 Å². The number of anilines is 1. The molecule has 4 rings (SSSR count). The number of hydrazone groups is 1. The first-order valence-electron chi connectivity index (χ1n) is 14.0. The fourth-order valence-corrected chi connectivity index (χ4v) is 5.54. The lowest BCUT2D eigenvalue weighted by Crippen LogP contribution is -2.39. The van der Waals surface area contributed by atoms with Crippen LogP contribution in [0.5, 0.6) is 11.5 Å². The molecule has 0 atom stereocenters. The molecule has 0 aromatic heterocycles. The Morgan fingerprint density at radius 3 is 2.07 bits per heavy atom. The van der Waals surface area contributed by atoms with Gasteiger partial charge in [-0.3, -0.25) is 13.9 Å². The van der Waals surface area contributed by atoms with Crippen LogP contribution in [0, 0.1) is 0 Å². The monoisotopic (exact) mass is 614 g/mol. The molecule has 0 heterocycles. The lowest BCUT2D eigenvalue weighted by atomic mass is 10.1. The lowest BCUT2D eigenvalue weighted by molar-refractivity contribution is -0.123. The highest BCUT2D eigenvalue weighted by Gasteiger charge is 2.27. The summed E-state index contributed by atoms with van der Waals surface area (Å²) < 4.78 is 38.9. The molecule has 0 bridgehead atoms. The number of benzene rings is 4. The second-order valence-corrected chi connectivity index (χ2v) is 11.4. The van der Waals surface area contributed by atoms with Crippen LogP contribution in [0.4, 0.5) is 5.69 Å². The smallest absolute Gasteiger partial charge is 0.264 e. The molecule has 0 unspecified atom stereocenters. The number of ether oxygens (including phenoxy) is 2. The second-order valence-electron chi connectivity index (χ2n) is 9.49. The van der Waals surface area contributed by atoms with Gasteiger partial charge in [-0.25, -0.2) is 13.8 Å². The molecular formula is C33H34N4O6S.